The number of piperazine rings is 1. The molecule has 0 radical (unpaired) electrons. The molecule has 0 bridgehead atoms. The molecule has 0 unspecified atom stereocenters. The Labute approximate surface area is 305 Å². The van der Waals surface area contributed by atoms with Gasteiger partial charge in [0, 0.05) is 54.0 Å². The van der Waals surface area contributed by atoms with Crippen molar-refractivity contribution in [2.45, 2.75) is 45.2 Å². The number of urea groups is 1. The van der Waals surface area contributed by atoms with Crippen LogP contribution in [0.1, 0.15) is 62.0 Å². The van der Waals surface area contributed by atoms with Gasteiger partial charge in [-0.05, 0) is 65.4 Å². The summed E-state index contributed by atoms with van der Waals surface area (Å²) in [5.41, 5.74) is 3.06. The van der Waals surface area contributed by atoms with E-state index in [4.69, 9.17) is 44.5 Å². The van der Waals surface area contributed by atoms with Crippen LogP contribution in [0, 0.1) is 0 Å². The van der Waals surface area contributed by atoms with Crippen molar-refractivity contribution in [1.82, 2.24) is 14.7 Å². The zero-order valence-corrected chi connectivity index (χ0v) is 31.7. The summed E-state index contributed by atoms with van der Waals surface area (Å²) in [6.07, 6.45) is 1.24. The predicted molar refractivity (Wildman–Crippen MR) is 198 cm³/mol. The minimum atomic E-state index is -3.09. The fourth-order valence-corrected chi connectivity index (χ4v) is 7.33. The summed E-state index contributed by atoms with van der Waals surface area (Å²) in [6, 6.07) is 17.6. The number of carbonyl (C=O) groups is 1. The van der Waals surface area contributed by atoms with E-state index in [0.29, 0.717) is 71.5 Å². The molecule has 0 saturated carbocycles. The number of rotatable bonds is 8. The van der Waals surface area contributed by atoms with E-state index in [-0.39, 0.29) is 29.6 Å². The summed E-state index contributed by atoms with van der Waals surface area (Å²) in [4.78, 5) is 25.7. The summed E-state index contributed by atoms with van der Waals surface area (Å²) >= 11 is 19.6. The minimum Gasteiger partial charge on any atom is -0.493 e. The van der Waals surface area contributed by atoms with Crippen molar-refractivity contribution in [2.75, 3.05) is 51.3 Å². The van der Waals surface area contributed by atoms with Crippen LogP contribution >= 0.6 is 47.2 Å². The number of aliphatic imine (C=N–C) groups is 1. The number of carbonyl (C=O) groups excluding carboxylic acids is 1. The van der Waals surface area contributed by atoms with Crippen LogP contribution in [0.25, 0.3) is 0 Å². The van der Waals surface area contributed by atoms with E-state index < -0.39 is 21.9 Å². The quantitative estimate of drug-likeness (QED) is 0.232. The number of nitrogens with zero attached hydrogens (tertiary/aromatic N) is 4. The van der Waals surface area contributed by atoms with E-state index in [1.807, 2.05) is 72.5 Å². The van der Waals surface area contributed by atoms with Crippen LogP contribution in [0.2, 0.25) is 15.1 Å². The Balaban J connectivity index is 0.00000520. The standard InChI is InChI=1S/C35H41Cl3N4O4S.ClH/c1-6-46-30-22-28(35(2,3)4)29(38)21-27(30)33-39-31(23-7-11-25(36)12-8-23)32(24-9-13-26(37)14-10-24)42(33)34(43)41-17-15-40(16-18-41)19-20-47(5,44)45;/h7-14,21-22,31-32H,6,15-20H2,1-5H3;1H/t31-,32+;/m0./s1. The van der Waals surface area contributed by atoms with Crippen LogP contribution in [-0.2, 0) is 15.3 Å². The number of hydrogen-bond acceptors (Lipinski definition) is 6. The maximum Gasteiger partial charge on any atom is 0.326 e. The van der Waals surface area contributed by atoms with E-state index in [1.165, 1.54) is 6.26 Å². The molecular weight excluding hydrogens is 714 g/mol. The molecule has 260 valence electrons. The van der Waals surface area contributed by atoms with Crippen LogP contribution in [0.4, 0.5) is 4.79 Å². The maximum absolute atomic E-state index is 14.8. The van der Waals surface area contributed by atoms with Gasteiger partial charge in [-0.1, -0.05) is 79.8 Å². The van der Waals surface area contributed by atoms with Crippen molar-refractivity contribution in [3.63, 3.8) is 0 Å². The predicted octanol–water partition coefficient (Wildman–Crippen LogP) is 8.09. The van der Waals surface area contributed by atoms with Gasteiger partial charge in [0.15, 0.2) is 0 Å². The van der Waals surface area contributed by atoms with Gasteiger partial charge in [-0.15, -0.1) is 12.4 Å². The summed E-state index contributed by atoms with van der Waals surface area (Å²) < 4.78 is 29.8. The maximum atomic E-state index is 14.8. The normalized spacial score (nSPS) is 18.8. The highest BCUT2D eigenvalue weighted by Crippen LogP contribution is 2.46. The van der Waals surface area contributed by atoms with E-state index in [0.717, 1.165) is 16.7 Å². The molecule has 48 heavy (non-hydrogen) atoms. The first-order valence-corrected chi connectivity index (χ1v) is 18.9. The highest BCUT2D eigenvalue weighted by atomic mass is 35.5. The smallest absolute Gasteiger partial charge is 0.326 e. The van der Waals surface area contributed by atoms with Gasteiger partial charge in [-0.25, -0.2) is 13.2 Å². The lowest BCUT2D eigenvalue weighted by Gasteiger charge is -2.39. The van der Waals surface area contributed by atoms with Gasteiger partial charge in [0.1, 0.15) is 27.5 Å². The van der Waals surface area contributed by atoms with Crippen LogP contribution in [0.5, 0.6) is 5.75 Å². The molecule has 13 heteroatoms. The molecule has 2 aliphatic heterocycles. The van der Waals surface area contributed by atoms with Crippen molar-refractivity contribution in [1.29, 1.82) is 0 Å². The van der Waals surface area contributed by atoms with E-state index in [2.05, 4.69) is 25.7 Å². The van der Waals surface area contributed by atoms with Crippen molar-refractivity contribution in [3.8, 4) is 5.75 Å². The van der Waals surface area contributed by atoms with Gasteiger partial charge < -0.3 is 9.64 Å². The molecule has 1 fully saturated rings. The number of amides is 2. The fourth-order valence-electron chi connectivity index (χ4n) is 6.04. The molecule has 5 rings (SSSR count). The van der Waals surface area contributed by atoms with E-state index >= 15 is 0 Å². The number of ether oxygens (including phenoxy) is 1. The topological polar surface area (TPSA) is 82.5 Å². The molecule has 3 aromatic carbocycles. The molecule has 8 nitrogen and oxygen atoms in total. The Hall–Kier alpha value is -2.53. The van der Waals surface area contributed by atoms with Crippen LogP contribution in [0.15, 0.2) is 65.7 Å². The summed E-state index contributed by atoms with van der Waals surface area (Å²) in [7, 11) is -3.09. The molecule has 2 heterocycles. The molecule has 2 aliphatic rings. The molecule has 0 aromatic heterocycles. The number of sulfone groups is 1. The zero-order valence-electron chi connectivity index (χ0n) is 27.8. The summed E-state index contributed by atoms with van der Waals surface area (Å²) in [6.45, 7) is 11.0. The summed E-state index contributed by atoms with van der Waals surface area (Å²) in [5, 5.41) is 1.74. The monoisotopic (exact) mass is 754 g/mol. The SMILES string of the molecule is CCOc1cc(C(C)(C)C)c(Cl)cc1C1=N[C@@H](c2ccc(Cl)cc2)[C@@H](c2ccc(Cl)cc2)N1C(=O)N1CCN(CCS(C)(=O)=O)CC1.Cl. The van der Waals surface area contributed by atoms with Crippen molar-refractivity contribution in [2.24, 2.45) is 4.99 Å². The van der Waals surface area contributed by atoms with Gasteiger partial charge in [0.2, 0.25) is 0 Å². The summed E-state index contributed by atoms with van der Waals surface area (Å²) in [5.74, 6) is 1.13. The highest BCUT2D eigenvalue weighted by Gasteiger charge is 2.45. The van der Waals surface area contributed by atoms with Gasteiger partial charge >= 0.3 is 6.03 Å². The number of hydrogen-bond donors (Lipinski definition) is 0. The van der Waals surface area contributed by atoms with E-state index in [9.17, 15) is 13.2 Å². The third-order valence-corrected chi connectivity index (χ3v) is 10.3. The number of amidine groups is 1. The molecule has 2 amide bonds. The second-order valence-corrected chi connectivity index (χ2v) is 16.6. The van der Waals surface area contributed by atoms with Crippen molar-refractivity contribution < 1.29 is 17.9 Å². The third-order valence-electron chi connectivity index (χ3n) is 8.54. The Kier molecular flexibility index (Phi) is 12.4. The van der Waals surface area contributed by atoms with Crippen molar-refractivity contribution in [3.05, 3.63) is 98.0 Å². The second-order valence-electron chi connectivity index (χ2n) is 13.1. The lowest BCUT2D eigenvalue weighted by atomic mass is 9.86. The average Bonchev–Trinajstić information content (AvgIpc) is 3.41. The Bertz CT molecular complexity index is 1740. The fraction of sp³-hybridized carbons (Fsp3) is 0.429. The molecule has 2 atom stereocenters. The van der Waals surface area contributed by atoms with Crippen molar-refractivity contribution >= 4 is 68.9 Å². The van der Waals surface area contributed by atoms with Gasteiger partial charge in [0.25, 0.3) is 0 Å². The first-order chi connectivity index (χ1) is 22.2. The lowest BCUT2D eigenvalue weighted by Crippen LogP contribution is -2.54. The molecule has 1 saturated heterocycles. The zero-order chi connectivity index (χ0) is 34.1. The van der Waals surface area contributed by atoms with Gasteiger partial charge in [-0.2, -0.15) is 0 Å². The minimum absolute atomic E-state index is 0. The molecular formula is C35H42Cl4N4O4S. The first-order valence-electron chi connectivity index (χ1n) is 15.7. The number of halogens is 4. The molecule has 0 N–H and O–H groups in total. The largest absolute Gasteiger partial charge is 0.493 e. The molecule has 0 spiro atoms. The highest BCUT2D eigenvalue weighted by molar-refractivity contribution is 7.90. The molecule has 3 aromatic rings. The average molecular weight is 757 g/mol. The van der Waals surface area contributed by atoms with Crippen LogP contribution in [0.3, 0.4) is 0 Å². The Morgan fingerprint density at radius 3 is 2.00 bits per heavy atom. The van der Waals surface area contributed by atoms with Crippen LogP contribution < -0.4 is 4.74 Å². The Morgan fingerprint density at radius 2 is 1.48 bits per heavy atom. The Morgan fingerprint density at radius 1 is 0.917 bits per heavy atom. The van der Waals surface area contributed by atoms with Gasteiger partial charge in [-0.3, -0.25) is 14.8 Å². The molecule has 0 aliphatic carbocycles. The second kappa shape index (κ2) is 15.6. The van der Waals surface area contributed by atoms with Gasteiger partial charge in [0.05, 0.1) is 24.0 Å². The lowest BCUT2D eigenvalue weighted by molar-refractivity contribution is 0.122. The van der Waals surface area contributed by atoms with Crippen LogP contribution in [-0.4, -0.2) is 86.3 Å². The third kappa shape index (κ3) is 8.79. The van der Waals surface area contributed by atoms with E-state index in [1.54, 1.807) is 4.90 Å². The number of benzene rings is 3. The first kappa shape index (κ1) is 38.3.